The summed E-state index contributed by atoms with van der Waals surface area (Å²) in [7, 11) is -3.55. The van der Waals surface area contributed by atoms with Crippen LogP contribution in [0.4, 0.5) is 0 Å². The number of benzene rings is 1. The fourth-order valence-electron chi connectivity index (χ4n) is 2.19. The highest BCUT2D eigenvalue weighted by molar-refractivity contribution is 9.10. The molecule has 1 N–H and O–H groups in total. The lowest BCUT2D eigenvalue weighted by molar-refractivity contribution is 0.248. The smallest absolute Gasteiger partial charge is 0.247 e. The summed E-state index contributed by atoms with van der Waals surface area (Å²) in [5.74, 6) is 0.404. The van der Waals surface area contributed by atoms with Gasteiger partial charge in [0.25, 0.3) is 0 Å². The fraction of sp³-hybridized carbons (Fsp3) is 0.538. The van der Waals surface area contributed by atoms with Crippen molar-refractivity contribution in [1.82, 2.24) is 9.62 Å². The van der Waals surface area contributed by atoms with Crippen LogP contribution in [0.25, 0.3) is 0 Å². The molecule has 0 bridgehead atoms. The Morgan fingerprint density at radius 2 is 2.10 bits per heavy atom. The summed E-state index contributed by atoms with van der Waals surface area (Å²) in [6, 6.07) is 5.10. The van der Waals surface area contributed by atoms with Crippen LogP contribution in [0.3, 0.4) is 0 Å². The molecule has 7 heteroatoms. The molecule has 0 aromatic heterocycles. The van der Waals surface area contributed by atoms with Gasteiger partial charge in [0.15, 0.2) is 0 Å². The average Bonchev–Trinajstić information content (AvgIpc) is 2.35. The van der Waals surface area contributed by atoms with Gasteiger partial charge in [0.1, 0.15) is 10.6 Å². The summed E-state index contributed by atoms with van der Waals surface area (Å²) in [5.41, 5.74) is 0. The molecule has 0 unspecified atom stereocenters. The molecule has 1 aromatic rings. The van der Waals surface area contributed by atoms with Crippen molar-refractivity contribution in [2.24, 2.45) is 0 Å². The van der Waals surface area contributed by atoms with Crippen LogP contribution in [0.1, 0.15) is 13.8 Å². The molecule has 0 saturated carbocycles. The maximum atomic E-state index is 12.8. The van der Waals surface area contributed by atoms with E-state index in [9.17, 15) is 8.42 Å². The largest absolute Gasteiger partial charge is 0.492 e. The molecule has 112 valence electrons. The second-order valence-electron chi connectivity index (χ2n) is 4.54. The first-order valence-corrected chi connectivity index (χ1v) is 8.89. The van der Waals surface area contributed by atoms with Crippen LogP contribution in [0.15, 0.2) is 27.6 Å². The van der Waals surface area contributed by atoms with E-state index in [0.29, 0.717) is 32.0 Å². The van der Waals surface area contributed by atoms with Crippen molar-refractivity contribution in [2.75, 3.05) is 26.2 Å². The topological polar surface area (TPSA) is 58.6 Å². The standard InChI is InChI=1S/C13H19BrN2O3S/c1-3-16(11-8-15-9-11)20(17,18)13-7-10(14)5-6-12(13)19-4-2/h5-7,11,15H,3-4,8-9H2,1-2H3. The zero-order chi connectivity index (χ0) is 14.8. The Kier molecular flexibility index (Phi) is 5.06. The van der Waals surface area contributed by atoms with Crippen LogP contribution < -0.4 is 10.1 Å². The van der Waals surface area contributed by atoms with Crippen LogP contribution in [-0.2, 0) is 10.0 Å². The van der Waals surface area contributed by atoms with Gasteiger partial charge in [-0.2, -0.15) is 4.31 Å². The number of ether oxygens (including phenoxy) is 1. The van der Waals surface area contributed by atoms with E-state index in [1.165, 1.54) is 4.31 Å². The summed E-state index contributed by atoms with van der Waals surface area (Å²) in [6.07, 6.45) is 0. The Labute approximate surface area is 128 Å². The Morgan fingerprint density at radius 3 is 2.60 bits per heavy atom. The summed E-state index contributed by atoms with van der Waals surface area (Å²) in [4.78, 5) is 0.225. The zero-order valence-electron chi connectivity index (χ0n) is 11.6. The number of rotatable bonds is 6. The first-order chi connectivity index (χ1) is 9.50. The van der Waals surface area contributed by atoms with E-state index >= 15 is 0 Å². The molecule has 0 amide bonds. The Hall–Kier alpha value is -0.630. The number of hydrogen-bond acceptors (Lipinski definition) is 4. The SMILES string of the molecule is CCOc1ccc(Br)cc1S(=O)(=O)N(CC)C1CNC1. The second-order valence-corrected chi connectivity index (χ2v) is 7.32. The highest BCUT2D eigenvalue weighted by Crippen LogP contribution is 2.31. The van der Waals surface area contributed by atoms with Gasteiger partial charge < -0.3 is 10.1 Å². The quantitative estimate of drug-likeness (QED) is 0.838. The monoisotopic (exact) mass is 362 g/mol. The molecule has 2 rings (SSSR count). The predicted octanol–water partition coefficient (Wildman–Crippen LogP) is 1.83. The molecule has 1 heterocycles. The van der Waals surface area contributed by atoms with Gasteiger partial charge >= 0.3 is 0 Å². The van der Waals surface area contributed by atoms with Crippen LogP contribution in [-0.4, -0.2) is 45.0 Å². The molecular weight excluding hydrogens is 344 g/mol. The Morgan fingerprint density at radius 1 is 1.40 bits per heavy atom. The van der Waals surface area contributed by atoms with Crippen molar-refractivity contribution in [1.29, 1.82) is 0 Å². The molecule has 1 aliphatic heterocycles. The first-order valence-electron chi connectivity index (χ1n) is 6.65. The van der Waals surface area contributed by atoms with Gasteiger partial charge in [0, 0.05) is 24.1 Å². The van der Waals surface area contributed by atoms with Crippen molar-refractivity contribution in [3.05, 3.63) is 22.7 Å². The van der Waals surface area contributed by atoms with E-state index in [0.717, 1.165) is 4.47 Å². The number of hydrogen-bond donors (Lipinski definition) is 1. The predicted molar refractivity (Wildman–Crippen MR) is 81.5 cm³/mol. The molecule has 5 nitrogen and oxygen atoms in total. The van der Waals surface area contributed by atoms with Gasteiger partial charge in [-0.15, -0.1) is 0 Å². The lowest BCUT2D eigenvalue weighted by Gasteiger charge is -2.36. The summed E-state index contributed by atoms with van der Waals surface area (Å²) < 4.78 is 33.4. The van der Waals surface area contributed by atoms with Crippen molar-refractivity contribution in [2.45, 2.75) is 24.8 Å². The van der Waals surface area contributed by atoms with E-state index in [-0.39, 0.29) is 10.9 Å². The number of nitrogens with one attached hydrogen (secondary N) is 1. The minimum Gasteiger partial charge on any atom is -0.492 e. The van der Waals surface area contributed by atoms with Crippen LogP contribution in [0.2, 0.25) is 0 Å². The van der Waals surface area contributed by atoms with E-state index in [1.54, 1.807) is 18.2 Å². The fourth-order valence-corrected chi connectivity index (χ4v) is 4.49. The molecule has 1 fully saturated rings. The first kappa shape index (κ1) is 15.8. The maximum absolute atomic E-state index is 12.8. The summed E-state index contributed by atoms with van der Waals surface area (Å²) >= 11 is 3.33. The van der Waals surface area contributed by atoms with Crippen molar-refractivity contribution < 1.29 is 13.2 Å². The Balaban J connectivity index is 2.43. The molecular formula is C13H19BrN2O3S. The lowest BCUT2D eigenvalue weighted by Crippen LogP contribution is -2.58. The number of likely N-dealkylation sites (N-methyl/N-ethyl adjacent to an activating group) is 1. The lowest BCUT2D eigenvalue weighted by atomic mass is 10.2. The highest BCUT2D eigenvalue weighted by Gasteiger charge is 2.35. The third kappa shape index (κ3) is 3.00. The van der Waals surface area contributed by atoms with Crippen molar-refractivity contribution >= 4 is 26.0 Å². The van der Waals surface area contributed by atoms with Gasteiger partial charge in [-0.3, -0.25) is 0 Å². The molecule has 1 aromatic carbocycles. The normalized spacial score (nSPS) is 16.2. The summed E-state index contributed by atoms with van der Waals surface area (Å²) in [6.45, 7) is 5.98. The van der Waals surface area contributed by atoms with Crippen molar-refractivity contribution in [3.8, 4) is 5.75 Å². The van der Waals surface area contributed by atoms with Gasteiger partial charge in [-0.25, -0.2) is 8.42 Å². The molecule has 0 radical (unpaired) electrons. The van der Waals surface area contributed by atoms with Crippen LogP contribution >= 0.6 is 15.9 Å². The maximum Gasteiger partial charge on any atom is 0.247 e. The summed E-state index contributed by atoms with van der Waals surface area (Å²) in [5, 5.41) is 3.10. The van der Waals surface area contributed by atoms with Gasteiger partial charge in [0.05, 0.1) is 12.6 Å². The van der Waals surface area contributed by atoms with Crippen LogP contribution in [0, 0.1) is 0 Å². The number of nitrogens with zero attached hydrogens (tertiary/aromatic N) is 1. The third-order valence-corrected chi connectivity index (χ3v) is 5.81. The molecule has 1 aliphatic rings. The van der Waals surface area contributed by atoms with E-state index in [2.05, 4.69) is 21.2 Å². The van der Waals surface area contributed by atoms with E-state index in [1.807, 2.05) is 13.8 Å². The van der Waals surface area contributed by atoms with E-state index < -0.39 is 10.0 Å². The van der Waals surface area contributed by atoms with Crippen molar-refractivity contribution in [3.63, 3.8) is 0 Å². The molecule has 20 heavy (non-hydrogen) atoms. The van der Waals surface area contributed by atoms with Gasteiger partial charge in [-0.1, -0.05) is 22.9 Å². The second kappa shape index (κ2) is 6.43. The number of halogens is 1. The minimum absolute atomic E-state index is 0.0264. The number of sulfonamides is 1. The Bertz CT molecular complexity index is 573. The molecule has 1 saturated heterocycles. The molecule has 0 atom stereocenters. The average molecular weight is 363 g/mol. The third-order valence-electron chi connectivity index (χ3n) is 3.27. The minimum atomic E-state index is -3.55. The van der Waals surface area contributed by atoms with E-state index in [4.69, 9.17) is 4.74 Å². The van der Waals surface area contributed by atoms with Gasteiger partial charge in [0.2, 0.25) is 10.0 Å². The van der Waals surface area contributed by atoms with Crippen LogP contribution in [0.5, 0.6) is 5.75 Å². The highest BCUT2D eigenvalue weighted by atomic mass is 79.9. The molecule has 0 aliphatic carbocycles. The molecule has 0 spiro atoms. The van der Waals surface area contributed by atoms with Gasteiger partial charge in [-0.05, 0) is 25.1 Å². The zero-order valence-corrected chi connectivity index (χ0v) is 14.0.